The molecule has 0 saturated carbocycles. The second-order valence-electron chi connectivity index (χ2n) is 4.04. The quantitative estimate of drug-likeness (QED) is 0.594. The van der Waals surface area contributed by atoms with Crippen LogP contribution >= 0.6 is 0 Å². The zero-order valence-electron chi connectivity index (χ0n) is 10.3. The fourth-order valence-electron chi connectivity index (χ4n) is 1.65. The number of H-pyrrole nitrogens is 1. The summed E-state index contributed by atoms with van der Waals surface area (Å²) < 4.78 is 0. The number of rotatable bonds is 2. The van der Waals surface area contributed by atoms with E-state index in [1.165, 1.54) is 0 Å². The first-order valence-corrected chi connectivity index (χ1v) is 5.63. The molecule has 1 atom stereocenters. The van der Waals surface area contributed by atoms with Crippen molar-refractivity contribution < 1.29 is 0 Å². The minimum atomic E-state index is 0.124. The lowest BCUT2D eigenvalue weighted by Gasteiger charge is -2.27. The third-order valence-corrected chi connectivity index (χ3v) is 2.47. The summed E-state index contributed by atoms with van der Waals surface area (Å²) in [6.07, 6.45) is 0.124. The highest BCUT2D eigenvalue weighted by atomic mass is 15.4. The smallest absolute Gasteiger partial charge is 0.200 e. The van der Waals surface area contributed by atoms with Gasteiger partial charge in [0.05, 0.1) is 12.7 Å². The second kappa shape index (κ2) is 4.90. The van der Waals surface area contributed by atoms with Crippen LogP contribution in [0.25, 0.3) is 0 Å². The lowest BCUT2D eigenvalue weighted by Crippen LogP contribution is -2.61. The monoisotopic (exact) mass is 234 g/mol. The lowest BCUT2D eigenvalue weighted by atomic mass is 10.4. The number of hydrogen-bond acceptors (Lipinski definition) is 2. The Morgan fingerprint density at radius 3 is 2.65 bits per heavy atom. The zero-order valence-corrected chi connectivity index (χ0v) is 10.3. The molecule has 1 aromatic heterocycles. The molecule has 6 nitrogen and oxygen atoms in total. The largest absolute Gasteiger partial charge is 0.361 e. The Hall–Kier alpha value is -1.98. The average molecular weight is 234 g/mol. The van der Waals surface area contributed by atoms with Gasteiger partial charge in [-0.05, 0) is 26.0 Å². The maximum atomic E-state index is 4.46. The molecule has 1 unspecified atom stereocenters. The molecule has 0 amide bonds. The van der Waals surface area contributed by atoms with E-state index in [-0.39, 0.29) is 6.17 Å². The molecule has 0 aromatic carbocycles. The summed E-state index contributed by atoms with van der Waals surface area (Å²) in [7, 11) is 1.74. The van der Waals surface area contributed by atoms with Crippen LogP contribution in [0.2, 0.25) is 0 Å². The molecule has 1 aromatic rings. The van der Waals surface area contributed by atoms with Crippen LogP contribution in [0.5, 0.6) is 0 Å². The fraction of sp³-hybridized carbons (Fsp3) is 0.455. The number of nitrogens with one attached hydrogen (secondary N) is 4. The minimum absolute atomic E-state index is 0.124. The third-order valence-electron chi connectivity index (χ3n) is 2.47. The maximum absolute atomic E-state index is 4.46. The molecule has 0 spiro atoms. The predicted molar refractivity (Wildman–Crippen MR) is 68.9 cm³/mol. The molecule has 92 valence electrons. The Kier molecular flexibility index (Phi) is 3.32. The fourth-order valence-corrected chi connectivity index (χ4v) is 1.65. The van der Waals surface area contributed by atoms with Gasteiger partial charge in [-0.25, -0.2) is 4.99 Å². The summed E-state index contributed by atoms with van der Waals surface area (Å²) in [5.74, 6) is 1.47. The Morgan fingerprint density at radius 2 is 2.00 bits per heavy atom. The first kappa shape index (κ1) is 11.5. The molecule has 2 rings (SSSR count). The van der Waals surface area contributed by atoms with Gasteiger partial charge in [0.25, 0.3) is 0 Å². The van der Waals surface area contributed by atoms with Crippen molar-refractivity contribution >= 4 is 11.9 Å². The van der Waals surface area contributed by atoms with Gasteiger partial charge in [0.1, 0.15) is 0 Å². The van der Waals surface area contributed by atoms with E-state index in [0.717, 1.165) is 23.3 Å². The zero-order chi connectivity index (χ0) is 12.3. The summed E-state index contributed by atoms with van der Waals surface area (Å²) >= 11 is 0. The van der Waals surface area contributed by atoms with Crippen molar-refractivity contribution in [2.45, 2.75) is 26.6 Å². The normalized spacial score (nSPS) is 24.3. The molecule has 17 heavy (non-hydrogen) atoms. The molecular weight excluding hydrogens is 216 g/mol. The number of aromatic nitrogens is 1. The van der Waals surface area contributed by atoms with Crippen LogP contribution in [0.1, 0.15) is 18.3 Å². The molecule has 0 bridgehead atoms. The molecule has 1 fully saturated rings. The number of guanidine groups is 2. The molecule has 4 N–H and O–H groups in total. The van der Waals surface area contributed by atoms with E-state index in [2.05, 4.69) is 30.9 Å². The van der Waals surface area contributed by atoms with Crippen LogP contribution in [0.3, 0.4) is 0 Å². The molecule has 1 saturated heterocycles. The van der Waals surface area contributed by atoms with Gasteiger partial charge < -0.3 is 15.6 Å². The predicted octanol–water partition coefficient (Wildman–Crippen LogP) is 0.293. The van der Waals surface area contributed by atoms with Gasteiger partial charge >= 0.3 is 0 Å². The van der Waals surface area contributed by atoms with E-state index >= 15 is 0 Å². The van der Waals surface area contributed by atoms with Crippen molar-refractivity contribution in [3.8, 4) is 0 Å². The van der Waals surface area contributed by atoms with Crippen LogP contribution in [0.15, 0.2) is 22.1 Å². The third kappa shape index (κ3) is 2.99. The highest BCUT2D eigenvalue weighted by Gasteiger charge is 2.14. The highest BCUT2D eigenvalue weighted by molar-refractivity contribution is 6.00. The standard InChI is InChI=1S/C11H18N6/c1-7-4-5-9(14-7)6-13-11-16-8(2)15-10(12-3)17-11/h4-5,8,14H,6H2,1-3H3,(H3,12,13,15,16,17). The highest BCUT2D eigenvalue weighted by Crippen LogP contribution is 2.01. The van der Waals surface area contributed by atoms with E-state index in [9.17, 15) is 0 Å². The van der Waals surface area contributed by atoms with Crippen molar-refractivity contribution in [1.29, 1.82) is 0 Å². The van der Waals surface area contributed by atoms with Crippen LogP contribution in [-0.4, -0.2) is 30.1 Å². The number of aliphatic imine (C=N–C) groups is 2. The van der Waals surface area contributed by atoms with Gasteiger partial charge in [-0.15, -0.1) is 0 Å². The number of aryl methyl sites for hydroxylation is 1. The number of hydrogen-bond donors (Lipinski definition) is 4. The van der Waals surface area contributed by atoms with Gasteiger partial charge in [-0.1, -0.05) is 0 Å². The lowest BCUT2D eigenvalue weighted by molar-refractivity contribution is 0.584. The van der Waals surface area contributed by atoms with Crippen molar-refractivity contribution in [2.24, 2.45) is 9.98 Å². The van der Waals surface area contributed by atoms with Crippen molar-refractivity contribution in [3.05, 3.63) is 23.5 Å². The molecule has 0 radical (unpaired) electrons. The average Bonchev–Trinajstić information content (AvgIpc) is 2.72. The Labute approximate surface area is 101 Å². The SMILES string of the molecule is CN=C1NC(=NCc2ccc(C)[nH]2)NC(C)N1. The summed E-state index contributed by atoms with van der Waals surface area (Å²) in [5, 5.41) is 9.40. The number of aromatic amines is 1. The first-order chi connectivity index (χ1) is 8.17. The Bertz CT molecular complexity index is 445. The number of nitrogens with zero attached hydrogens (tertiary/aromatic N) is 2. The molecule has 1 aliphatic rings. The van der Waals surface area contributed by atoms with Gasteiger partial charge in [0.2, 0.25) is 0 Å². The van der Waals surface area contributed by atoms with Crippen LogP contribution in [0, 0.1) is 6.92 Å². The Morgan fingerprint density at radius 1 is 1.24 bits per heavy atom. The Balaban J connectivity index is 2.01. The molecule has 2 heterocycles. The first-order valence-electron chi connectivity index (χ1n) is 5.63. The van der Waals surface area contributed by atoms with Crippen molar-refractivity contribution in [2.75, 3.05) is 7.05 Å². The van der Waals surface area contributed by atoms with Gasteiger partial charge in [0, 0.05) is 18.4 Å². The second-order valence-corrected chi connectivity index (χ2v) is 4.04. The minimum Gasteiger partial charge on any atom is -0.361 e. The van der Waals surface area contributed by atoms with Crippen molar-refractivity contribution in [1.82, 2.24) is 20.9 Å². The van der Waals surface area contributed by atoms with E-state index < -0.39 is 0 Å². The van der Waals surface area contributed by atoms with E-state index in [4.69, 9.17) is 0 Å². The van der Waals surface area contributed by atoms with Crippen molar-refractivity contribution in [3.63, 3.8) is 0 Å². The van der Waals surface area contributed by atoms with Crippen LogP contribution < -0.4 is 16.0 Å². The van der Waals surface area contributed by atoms with Gasteiger partial charge in [0.15, 0.2) is 11.9 Å². The molecular formula is C11H18N6. The maximum Gasteiger partial charge on any atom is 0.200 e. The molecule has 1 aliphatic heterocycles. The molecule has 6 heteroatoms. The van der Waals surface area contributed by atoms with E-state index in [0.29, 0.717) is 6.54 Å². The topological polar surface area (TPSA) is 76.6 Å². The molecule has 0 aliphatic carbocycles. The summed E-state index contributed by atoms with van der Waals surface area (Å²) in [6.45, 7) is 4.66. The van der Waals surface area contributed by atoms with Gasteiger partial charge in [-0.2, -0.15) is 0 Å². The summed E-state index contributed by atoms with van der Waals surface area (Å²) in [5.41, 5.74) is 2.25. The summed E-state index contributed by atoms with van der Waals surface area (Å²) in [6, 6.07) is 4.08. The van der Waals surface area contributed by atoms with E-state index in [1.54, 1.807) is 7.05 Å². The van der Waals surface area contributed by atoms with Crippen LogP contribution in [0.4, 0.5) is 0 Å². The van der Waals surface area contributed by atoms with E-state index in [1.807, 2.05) is 26.0 Å². The van der Waals surface area contributed by atoms with Crippen LogP contribution in [-0.2, 0) is 6.54 Å². The van der Waals surface area contributed by atoms with Gasteiger partial charge in [-0.3, -0.25) is 10.3 Å². The summed E-state index contributed by atoms with van der Waals surface area (Å²) in [4.78, 5) is 11.8.